The summed E-state index contributed by atoms with van der Waals surface area (Å²) in [5.74, 6) is -0.848. The maximum Gasteiger partial charge on any atom is 0.223 e. The number of halogens is 1. The average molecular weight is 340 g/mol. The maximum absolute atomic E-state index is 14.2. The van der Waals surface area contributed by atoms with E-state index < -0.39 is 25.5 Å². The summed E-state index contributed by atoms with van der Waals surface area (Å²) in [6, 6.07) is 11.7. The van der Waals surface area contributed by atoms with E-state index in [1.165, 1.54) is 23.4 Å². The first-order chi connectivity index (χ1) is 11.5. The summed E-state index contributed by atoms with van der Waals surface area (Å²) in [7, 11) is -4.13. The summed E-state index contributed by atoms with van der Waals surface area (Å²) >= 11 is 0. The Bertz CT molecular complexity index is 1040. The highest BCUT2D eigenvalue weighted by atomic mass is 32.2. The van der Waals surface area contributed by atoms with Crippen molar-refractivity contribution in [3.63, 3.8) is 0 Å². The second-order valence-electron chi connectivity index (χ2n) is 5.87. The van der Waals surface area contributed by atoms with Crippen molar-refractivity contribution in [3.8, 4) is 6.07 Å². The molecule has 24 heavy (non-hydrogen) atoms. The van der Waals surface area contributed by atoms with Crippen molar-refractivity contribution in [2.24, 2.45) is 0 Å². The van der Waals surface area contributed by atoms with Gasteiger partial charge in [-0.25, -0.2) is 12.8 Å². The molecule has 0 aromatic heterocycles. The number of rotatable bonds is 1. The van der Waals surface area contributed by atoms with Gasteiger partial charge in [0.15, 0.2) is 4.91 Å². The van der Waals surface area contributed by atoms with Crippen LogP contribution in [-0.4, -0.2) is 8.42 Å². The lowest BCUT2D eigenvalue weighted by atomic mass is 10.1. The van der Waals surface area contributed by atoms with Crippen molar-refractivity contribution in [2.45, 2.75) is 24.2 Å². The highest BCUT2D eigenvalue weighted by Crippen LogP contribution is 2.41. The molecule has 0 bridgehead atoms. The van der Waals surface area contributed by atoms with Crippen LogP contribution in [0.25, 0.3) is 0 Å². The van der Waals surface area contributed by atoms with Crippen molar-refractivity contribution >= 4 is 21.2 Å². The molecule has 0 fully saturated rings. The minimum atomic E-state index is -4.13. The fraction of sp³-hybridized carbons (Fsp3) is 0.167. The Morgan fingerprint density at radius 1 is 1.12 bits per heavy atom. The molecule has 0 saturated heterocycles. The first-order valence-electron chi connectivity index (χ1n) is 7.59. The number of hydrogen-bond acceptors (Lipinski definition) is 4. The van der Waals surface area contributed by atoms with E-state index in [0.717, 1.165) is 31.0 Å². The topological polar surface area (TPSA) is 61.2 Å². The molecule has 0 unspecified atom stereocenters. The molecule has 2 aromatic carbocycles. The van der Waals surface area contributed by atoms with Crippen LogP contribution in [0.4, 0.5) is 15.8 Å². The van der Waals surface area contributed by atoms with Gasteiger partial charge in [-0.05, 0) is 54.7 Å². The zero-order valence-electron chi connectivity index (χ0n) is 12.7. The second-order valence-corrected chi connectivity index (χ2v) is 7.73. The fourth-order valence-corrected chi connectivity index (χ4v) is 4.68. The van der Waals surface area contributed by atoms with Gasteiger partial charge in [-0.15, -0.1) is 0 Å². The Labute approximate surface area is 139 Å². The van der Waals surface area contributed by atoms with Crippen molar-refractivity contribution in [3.05, 3.63) is 64.4 Å². The van der Waals surface area contributed by atoms with Crippen LogP contribution in [0.1, 0.15) is 17.5 Å². The number of benzene rings is 2. The molecule has 2 aliphatic rings. The molecule has 120 valence electrons. The second kappa shape index (κ2) is 5.18. The van der Waals surface area contributed by atoms with E-state index in [1.807, 2.05) is 18.2 Å². The monoisotopic (exact) mass is 340 g/mol. The molecule has 0 amide bonds. The summed E-state index contributed by atoms with van der Waals surface area (Å²) in [4.78, 5) is 0.682. The fourth-order valence-electron chi connectivity index (χ4n) is 3.33. The van der Waals surface area contributed by atoms with Crippen LogP contribution in [0.2, 0.25) is 0 Å². The van der Waals surface area contributed by atoms with Gasteiger partial charge in [0.2, 0.25) is 9.84 Å². The lowest BCUT2D eigenvalue weighted by Crippen LogP contribution is -2.22. The predicted molar refractivity (Wildman–Crippen MR) is 87.9 cm³/mol. The zero-order chi connectivity index (χ0) is 16.9. The van der Waals surface area contributed by atoms with Crippen molar-refractivity contribution in [2.75, 3.05) is 4.90 Å². The van der Waals surface area contributed by atoms with E-state index in [4.69, 9.17) is 0 Å². The quantitative estimate of drug-likeness (QED) is 0.796. The number of nitriles is 1. The van der Waals surface area contributed by atoms with Gasteiger partial charge in [0.1, 0.15) is 16.8 Å². The minimum absolute atomic E-state index is 0.229. The molecule has 0 N–H and O–H groups in total. The van der Waals surface area contributed by atoms with Crippen molar-refractivity contribution in [1.82, 2.24) is 0 Å². The van der Waals surface area contributed by atoms with Gasteiger partial charge >= 0.3 is 0 Å². The van der Waals surface area contributed by atoms with Gasteiger partial charge in [0.25, 0.3) is 0 Å². The Morgan fingerprint density at radius 3 is 2.71 bits per heavy atom. The normalized spacial score (nSPS) is 17.7. The Kier molecular flexibility index (Phi) is 3.22. The highest BCUT2D eigenvalue weighted by Gasteiger charge is 2.35. The van der Waals surface area contributed by atoms with E-state index in [2.05, 4.69) is 0 Å². The molecule has 1 aliphatic carbocycles. The third kappa shape index (κ3) is 2.05. The van der Waals surface area contributed by atoms with E-state index in [9.17, 15) is 18.1 Å². The lowest BCUT2D eigenvalue weighted by Gasteiger charge is -2.28. The molecule has 0 saturated carbocycles. The van der Waals surface area contributed by atoms with Gasteiger partial charge < -0.3 is 4.90 Å². The van der Waals surface area contributed by atoms with Gasteiger partial charge in [0, 0.05) is 11.9 Å². The number of aryl methyl sites for hydroxylation is 2. The average Bonchev–Trinajstić information content (AvgIpc) is 3.02. The molecule has 0 radical (unpaired) electrons. The Balaban J connectivity index is 1.97. The predicted octanol–water partition coefficient (Wildman–Crippen LogP) is 3.60. The lowest BCUT2D eigenvalue weighted by molar-refractivity contribution is 0.570. The number of nitrogens with zero attached hydrogens (tertiary/aromatic N) is 2. The van der Waals surface area contributed by atoms with Crippen LogP contribution in [0.5, 0.6) is 0 Å². The molecule has 0 atom stereocenters. The number of anilines is 2. The maximum atomic E-state index is 14.2. The molecule has 1 heterocycles. The Morgan fingerprint density at radius 2 is 1.92 bits per heavy atom. The summed E-state index contributed by atoms with van der Waals surface area (Å²) < 4.78 is 39.2. The van der Waals surface area contributed by atoms with Gasteiger partial charge in [-0.2, -0.15) is 5.26 Å². The third-order valence-corrected chi connectivity index (χ3v) is 6.20. The van der Waals surface area contributed by atoms with Crippen LogP contribution in [-0.2, 0) is 22.7 Å². The smallest absolute Gasteiger partial charge is 0.223 e. The summed E-state index contributed by atoms with van der Waals surface area (Å²) in [6.07, 6.45) is 4.38. The largest absolute Gasteiger partial charge is 0.314 e. The molecule has 4 rings (SSSR count). The molecule has 2 aromatic rings. The number of fused-ring (bicyclic) bond motifs is 2. The summed E-state index contributed by atoms with van der Waals surface area (Å²) in [5, 5.41) is 9.22. The van der Waals surface area contributed by atoms with E-state index in [1.54, 1.807) is 17.0 Å². The van der Waals surface area contributed by atoms with Gasteiger partial charge in [-0.1, -0.05) is 12.1 Å². The summed E-state index contributed by atoms with van der Waals surface area (Å²) in [6.45, 7) is 0. The Hall–Kier alpha value is -2.65. The zero-order valence-corrected chi connectivity index (χ0v) is 13.5. The standard InChI is InChI=1S/C18H13FN2O2S/c19-16-5-2-6-17-18(16)24(22,23)15(10-20)11-21(17)14-8-7-12-3-1-4-13(12)9-14/h2,5-9,11H,1,3-4H2. The minimum Gasteiger partial charge on any atom is -0.314 e. The van der Waals surface area contributed by atoms with Crippen LogP contribution in [0.15, 0.2) is 52.4 Å². The number of hydrogen-bond donors (Lipinski definition) is 0. The molecule has 6 heteroatoms. The van der Waals surface area contributed by atoms with Gasteiger partial charge in [0.05, 0.1) is 5.69 Å². The van der Waals surface area contributed by atoms with Crippen LogP contribution >= 0.6 is 0 Å². The van der Waals surface area contributed by atoms with E-state index >= 15 is 0 Å². The number of allylic oxidation sites excluding steroid dienone is 1. The first-order valence-corrected chi connectivity index (χ1v) is 9.07. The van der Waals surface area contributed by atoms with Crippen LogP contribution in [0.3, 0.4) is 0 Å². The SMILES string of the molecule is N#CC1=CN(c2ccc3c(c2)CCC3)c2cccc(F)c2S1(=O)=O. The highest BCUT2D eigenvalue weighted by molar-refractivity contribution is 7.95. The van der Waals surface area contributed by atoms with Crippen molar-refractivity contribution in [1.29, 1.82) is 5.26 Å². The molecule has 0 spiro atoms. The molecular weight excluding hydrogens is 327 g/mol. The van der Waals surface area contributed by atoms with Crippen LogP contribution < -0.4 is 4.90 Å². The first kappa shape index (κ1) is 14.9. The third-order valence-electron chi connectivity index (χ3n) is 4.48. The molecule has 1 aliphatic heterocycles. The van der Waals surface area contributed by atoms with E-state index in [-0.39, 0.29) is 5.69 Å². The van der Waals surface area contributed by atoms with Gasteiger partial charge in [-0.3, -0.25) is 0 Å². The van der Waals surface area contributed by atoms with Crippen LogP contribution in [0, 0.1) is 17.1 Å². The molecular formula is C18H13FN2O2S. The summed E-state index contributed by atoms with van der Waals surface area (Å²) in [5.41, 5.74) is 3.45. The molecule has 4 nitrogen and oxygen atoms in total. The number of sulfone groups is 1. The van der Waals surface area contributed by atoms with E-state index in [0.29, 0.717) is 0 Å². The van der Waals surface area contributed by atoms with Crippen molar-refractivity contribution < 1.29 is 12.8 Å².